The van der Waals surface area contributed by atoms with E-state index in [4.69, 9.17) is 9.97 Å². The second-order valence-corrected chi connectivity index (χ2v) is 7.07. The Morgan fingerprint density at radius 1 is 0.889 bits per heavy atom. The number of hydrogen-bond acceptors (Lipinski definition) is 5. The lowest BCUT2D eigenvalue weighted by atomic mass is 10.1. The van der Waals surface area contributed by atoms with Gasteiger partial charge in [-0.1, -0.05) is 6.07 Å². The van der Waals surface area contributed by atoms with Gasteiger partial charge >= 0.3 is 0 Å². The number of nitrogens with zero attached hydrogens (tertiary/aromatic N) is 6. The molecule has 0 aliphatic heterocycles. The Morgan fingerprint density at radius 2 is 1.81 bits per heavy atom. The predicted octanol–water partition coefficient (Wildman–Crippen LogP) is 4.47. The molecule has 0 radical (unpaired) electrons. The zero-order valence-corrected chi connectivity index (χ0v) is 15.9. The Hall–Kier alpha value is -3.19. The lowest BCUT2D eigenvalue weighted by Crippen LogP contribution is -1.95. The summed E-state index contributed by atoms with van der Waals surface area (Å²) < 4.78 is 2.83. The van der Waals surface area contributed by atoms with Crippen LogP contribution in [0.15, 0.2) is 65.5 Å². The molecule has 6 nitrogen and oxygen atoms in total. The van der Waals surface area contributed by atoms with Gasteiger partial charge in [-0.05, 0) is 59.3 Å². The molecule has 0 amide bonds. The van der Waals surface area contributed by atoms with Gasteiger partial charge in [-0.15, -0.1) is 0 Å². The van der Waals surface area contributed by atoms with E-state index in [2.05, 4.69) is 30.9 Å². The molecule has 0 bridgehead atoms. The highest BCUT2D eigenvalue weighted by Crippen LogP contribution is 2.31. The van der Waals surface area contributed by atoms with Crippen molar-refractivity contribution in [3.05, 3.63) is 71.2 Å². The molecule has 0 atom stereocenters. The molecule has 0 spiro atoms. The Balaban J connectivity index is 1.83. The third-order valence-corrected chi connectivity index (χ3v) is 4.71. The normalized spacial score (nSPS) is 11.3. The molecule has 0 unspecified atom stereocenters. The molecule has 0 saturated heterocycles. The van der Waals surface area contributed by atoms with Crippen molar-refractivity contribution in [2.75, 3.05) is 0 Å². The maximum absolute atomic E-state index is 4.83. The second kappa shape index (κ2) is 6.21. The van der Waals surface area contributed by atoms with E-state index in [1.807, 2.05) is 60.0 Å². The third-order valence-electron chi connectivity index (χ3n) is 4.28. The zero-order chi connectivity index (χ0) is 18.4. The van der Waals surface area contributed by atoms with Gasteiger partial charge in [-0.2, -0.15) is 0 Å². The first-order valence-corrected chi connectivity index (χ1v) is 9.18. The Morgan fingerprint density at radius 3 is 2.70 bits per heavy atom. The number of hydrogen-bond donors (Lipinski definition) is 0. The molecule has 0 aliphatic rings. The van der Waals surface area contributed by atoms with Crippen LogP contribution in [0, 0.1) is 6.92 Å². The van der Waals surface area contributed by atoms with Crippen molar-refractivity contribution in [2.24, 2.45) is 0 Å². The summed E-state index contributed by atoms with van der Waals surface area (Å²) in [5.74, 6) is 0.611. The summed E-state index contributed by atoms with van der Waals surface area (Å²) in [6.45, 7) is 1.97. The minimum Gasteiger partial charge on any atom is -0.281 e. The van der Waals surface area contributed by atoms with Crippen LogP contribution >= 0.6 is 15.9 Å². The van der Waals surface area contributed by atoms with Crippen LogP contribution in [-0.4, -0.2) is 29.3 Å². The van der Waals surface area contributed by atoms with Crippen LogP contribution in [0.3, 0.4) is 0 Å². The minimum atomic E-state index is 0.611. The summed E-state index contributed by atoms with van der Waals surface area (Å²) >= 11 is 3.46. The van der Waals surface area contributed by atoms with Crippen molar-refractivity contribution in [2.45, 2.75) is 6.92 Å². The molecule has 0 saturated carbocycles. The van der Waals surface area contributed by atoms with Crippen molar-refractivity contribution in [1.29, 1.82) is 0 Å². The average Bonchev–Trinajstić information content (AvgIpc) is 3.07. The van der Waals surface area contributed by atoms with E-state index in [-0.39, 0.29) is 0 Å². The van der Waals surface area contributed by atoms with Crippen molar-refractivity contribution in [1.82, 2.24) is 29.3 Å². The van der Waals surface area contributed by atoms with E-state index in [1.54, 1.807) is 12.4 Å². The molecular formula is C20H13BrN6. The summed E-state index contributed by atoms with van der Waals surface area (Å²) in [6.07, 6.45) is 5.44. The van der Waals surface area contributed by atoms with Gasteiger partial charge in [0.1, 0.15) is 11.4 Å². The van der Waals surface area contributed by atoms with E-state index in [0.29, 0.717) is 5.78 Å². The van der Waals surface area contributed by atoms with E-state index in [1.165, 1.54) is 0 Å². The topological polar surface area (TPSA) is 68.9 Å². The van der Waals surface area contributed by atoms with Crippen molar-refractivity contribution in [3.63, 3.8) is 0 Å². The van der Waals surface area contributed by atoms with E-state index < -0.39 is 0 Å². The van der Waals surface area contributed by atoms with Crippen LogP contribution < -0.4 is 0 Å². The number of halogens is 1. The predicted molar refractivity (Wildman–Crippen MR) is 107 cm³/mol. The summed E-state index contributed by atoms with van der Waals surface area (Å²) in [6, 6.07) is 13.7. The third kappa shape index (κ3) is 2.76. The van der Waals surface area contributed by atoms with Crippen molar-refractivity contribution < 1.29 is 0 Å². The number of pyridine rings is 3. The quantitative estimate of drug-likeness (QED) is 0.424. The first-order chi connectivity index (χ1) is 13.2. The van der Waals surface area contributed by atoms with Gasteiger partial charge in [0.05, 0.1) is 22.4 Å². The monoisotopic (exact) mass is 416 g/mol. The van der Waals surface area contributed by atoms with Gasteiger partial charge in [-0.25, -0.2) is 15.0 Å². The van der Waals surface area contributed by atoms with Crippen molar-refractivity contribution >= 4 is 32.7 Å². The number of fused-ring (bicyclic) bond motifs is 2. The van der Waals surface area contributed by atoms with Crippen LogP contribution in [0.2, 0.25) is 0 Å². The van der Waals surface area contributed by atoms with Gasteiger partial charge in [0.15, 0.2) is 0 Å². The van der Waals surface area contributed by atoms with Crippen LogP contribution in [0.5, 0.6) is 0 Å². The summed E-state index contributed by atoms with van der Waals surface area (Å²) in [4.78, 5) is 23.0. The van der Waals surface area contributed by atoms with E-state index >= 15 is 0 Å². The highest BCUT2D eigenvalue weighted by atomic mass is 79.9. The largest absolute Gasteiger partial charge is 0.281 e. The molecule has 5 rings (SSSR count). The molecule has 5 aromatic heterocycles. The molecule has 0 fully saturated rings. The smallest absolute Gasteiger partial charge is 0.234 e. The molecule has 0 N–H and O–H groups in total. The molecule has 5 heterocycles. The fourth-order valence-electron chi connectivity index (χ4n) is 3.10. The van der Waals surface area contributed by atoms with E-state index in [0.717, 1.165) is 44.0 Å². The molecule has 5 aromatic rings. The number of rotatable bonds is 2. The number of imidazole rings is 1. The van der Waals surface area contributed by atoms with Gasteiger partial charge in [0, 0.05) is 28.8 Å². The Kier molecular flexibility index (Phi) is 3.68. The Bertz CT molecular complexity index is 1310. The van der Waals surface area contributed by atoms with Crippen LogP contribution in [0.1, 0.15) is 5.69 Å². The van der Waals surface area contributed by atoms with Crippen molar-refractivity contribution in [3.8, 4) is 22.8 Å². The fourth-order valence-corrected chi connectivity index (χ4v) is 3.42. The van der Waals surface area contributed by atoms with Crippen LogP contribution in [0.4, 0.5) is 0 Å². The van der Waals surface area contributed by atoms with Crippen LogP contribution in [-0.2, 0) is 0 Å². The zero-order valence-electron chi connectivity index (χ0n) is 14.3. The second-order valence-electron chi connectivity index (χ2n) is 6.15. The first kappa shape index (κ1) is 16.0. The van der Waals surface area contributed by atoms with Crippen LogP contribution in [0.25, 0.3) is 39.6 Å². The highest BCUT2D eigenvalue weighted by Gasteiger charge is 2.19. The average molecular weight is 417 g/mol. The molecule has 130 valence electrons. The maximum atomic E-state index is 4.83. The molecule has 7 heteroatoms. The van der Waals surface area contributed by atoms with Gasteiger partial charge in [0.2, 0.25) is 5.78 Å². The SMILES string of the molecule is Cc1cccc(-c2nc3ncccn3c2-c2ccc3ncc(Br)cc3n2)n1. The standard InChI is InChI=1S/C20H13BrN6/c1-12-4-2-5-15(24-12)18-19(27-9-3-8-22-20(27)26-18)16-7-6-14-17(25-16)10-13(21)11-23-14/h2-11H,1H3. The van der Waals surface area contributed by atoms with Gasteiger partial charge in [0.25, 0.3) is 0 Å². The lowest BCUT2D eigenvalue weighted by Gasteiger charge is -2.06. The number of aromatic nitrogens is 6. The highest BCUT2D eigenvalue weighted by molar-refractivity contribution is 9.10. The maximum Gasteiger partial charge on any atom is 0.234 e. The Labute approximate surface area is 163 Å². The summed E-state index contributed by atoms with van der Waals surface area (Å²) in [5, 5.41) is 0. The summed E-state index contributed by atoms with van der Waals surface area (Å²) in [5.41, 5.74) is 5.78. The first-order valence-electron chi connectivity index (χ1n) is 8.39. The number of aryl methyl sites for hydroxylation is 1. The lowest BCUT2D eigenvalue weighted by molar-refractivity contribution is 1.10. The van der Waals surface area contributed by atoms with Gasteiger partial charge in [-0.3, -0.25) is 14.4 Å². The van der Waals surface area contributed by atoms with E-state index in [9.17, 15) is 0 Å². The molecular weight excluding hydrogens is 404 g/mol. The minimum absolute atomic E-state index is 0.611. The molecule has 0 aliphatic carbocycles. The molecule has 0 aromatic carbocycles. The fraction of sp³-hybridized carbons (Fsp3) is 0.0500. The summed E-state index contributed by atoms with van der Waals surface area (Å²) in [7, 11) is 0. The molecule has 27 heavy (non-hydrogen) atoms. The van der Waals surface area contributed by atoms with Gasteiger partial charge < -0.3 is 0 Å².